The third kappa shape index (κ3) is 3.10. The molecule has 0 aliphatic rings. The number of hydrogen-bond donors (Lipinski definition) is 1. The number of rotatable bonds is 5. The highest BCUT2D eigenvalue weighted by Crippen LogP contribution is 2.12. The number of nitrogens with one attached hydrogen (secondary N) is 1. The van der Waals surface area contributed by atoms with E-state index in [4.69, 9.17) is 0 Å². The average Bonchev–Trinajstić information content (AvgIpc) is 2.80. The first kappa shape index (κ1) is 13.1. The molecule has 2 heterocycles. The summed E-state index contributed by atoms with van der Waals surface area (Å²) in [5.41, 5.74) is 2.84. The Hall–Kier alpha value is -2.36. The molecule has 0 saturated heterocycles. The minimum Gasteiger partial charge on any atom is -0.377 e. The zero-order chi connectivity index (χ0) is 13.7. The molecular formula is C15H18N4. The van der Waals surface area contributed by atoms with Crippen molar-refractivity contribution in [3.8, 4) is 0 Å². The lowest BCUT2D eigenvalue weighted by Crippen LogP contribution is -2.14. The van der Waals surface area contributed by atoms with Crippen LogP contribution in [-0.4, -0.2) is 14.5 Å². The minimum absolute atomic E-state index is 0.640. The summed E-state index contributed by atoms with van der Waals surface area (Å²) in [4.78, 5) is 8.64. The predicted octanol–water partition coefficient (Wildman–Crippen LogP) is 2.84. The maximum atomic E-state index is 4.38. The molecule has 0 bridgehead atoms. The number of aromatic nitrogens is 3. The molecule has 2 rings (SSSR count). The van der Waals surface area contributed by atoms with Crippen LogP contribution < -0.4 is 5.32 Å². The van der Waals surface area contributed by atoms with E-state index in [0.29, 0.717) is 6.54 Å². The molecule has 98 valence electrons. The van der Waals surface area contributed by atoms with Crippen molar-refractivity contribution >= 4 is 11.9 Å². The summed E-state index contributed by atoms with van der Waals surface area (Å²) in [6.07, 6.45) is 7.57. The maximum absolute atomic E-state index is 4.38. The summed E-state index contributed by atoms with van der Waals surface area (Å²) in [6.45, 7) is 8.68. The Balaban J connectivity index is 2.08. The van der Waals surface area contributed by atoms with Crippen LogP contribution in [-0.2, 0) is 6.54 Å². The molecule has 4 heteroatoms. The monoisotopic (exact) mass is 254 g/mol. The molecule has 0 aliphatic heterocycles. The molecule has 0 amide bonds. The molecule has 2 aromatic heterocycles. The van der Waals surface area contributed by atoms with Gasteiger partial charge in [-0.15, -0.1) is 0 Å². The number of nitrogens with zero attached hydrogens (tertiary/aromatic N) is 3. The summed E-state index contributed by atoms with van der Waals surface area (Å²) < 4.78 is 2.01. The van der Waals surface area contributed by atoms with Crippen LogP contribution in [0.1, 0.15) is 24.1 Å². The van der Waals surface area contributed by atoms with Gasteiger partial charge in [-0.2, -0.15) is 0 Å². The first-order valence-electron chi connectivity index (χ1n) is 6.22. The molecule has 0 fully saturated rings. The number of aryl methyl sites for hydroxylation is 1. The van der Waals surface area contributed by atoms with Crippen LogP contribution in [0.15, 0.2) is 43.2 Å². The number of pyridine rings is 1. The Morgan fingerprint density at radius 1 is 1.42 bits per heavy atom. The third-order valence-corrected chi connectivity index (χ3v) is 2.76. The zero-order valence-electron chi connectivity index (χ0n) is 11.3. The van der Waals surface area contributed by atoms with Crippen LogP contribution >= 0.6 is 0 Å². The molecule has 19 heavy (non-hydrogen) atoms. The number of imidazole rings is 1. The summed E-state index contributed by atoms with van der Waals surface area (Å²) in [5.74, 6) is 0.825. The lowest BCUT2D eigenvalue weighted by atomic mass is 10.3. The van der Waals surface area contributed by atoms with E-state index < -0.39 is 0 Å². The molecule has 0 spiro atoms. The molecule has 0 radical (unpaired) electrons. The van der Waals surface area contributed by atoms with Crippen LogP contribution in [0.3, 0.4) is 0 Å². The Kier molecular flexibility index (Phi) is 4.13. The lowest BCUT2D eigenvalue weighted by Gasteiger charge is -2.10. The van der Waals surface area contributed by atoms with Crippen molar-refractivity contribution in [1.82, 2.24) is 19.9 Å². The Morgan fingerprint density at radius 2 is 2.26 bits per heavy atom. The lowest BCUT2D eigenvalue weighted by molar-refractivity contribution is 0.838. The molecule has 0 aliphatic carbocycles. The number of allylic oxidation sites excluding steroid dienone is 1. The van der Waals surface area contributed by atoms with E-state index in [1.165, 1.54) is 0 Å². The molecule has 2 aromatic rings. The zero-order valence-corrected chi connectivity index (χ0v) is 11.3. The van der Waals surface area contributed by atoms with Gasteiger partial charge in [0, 0.05) is 24.3 Å². The highest BCUT2D eigenvalue weighted by atomic mass is 15.1. The summed E-state index contributed by atoms with van der Waals surface area (Å²) in [7, 11) is 0. The molecule has 0 saturated carbocycles. The maximum Gasteiger partial charge on any atom is 0.159 e. The van der Waals surface area contributed by atoms with Gasteiger partial charge in [0.1, 0.15) is 0 Å². The van der Waals surface area contributed by atoms with Crippen molar-refractivity contribution in [3.05, 3.63) is 60.5 Å². The van der Waals surface area contributed by atoms with Gasteiger partial charge >= 0.3 is 0 Å². The van der Waals surface area contributed by atoms with Crippen molar-refractivity contribution in [1.29, 1.82) is 0 Å². The Bertz CT molecular complexity index is 581. The minimum atomic E-state index is 0.640. The molecule has 0 aromatic carbocycles. The molecule has 0 atom stereocenters. The predicted molar refractivity (Wildman–Crippen MR) is 78.1 cm³/mol. The Labute approximate surface area is 113 Å². The van der Waals surface area contributed by atoms with Crippen LogP contribution in [0, 0.1) is 6.92 Å². The van der Waals surface area contributed by atoms with Gasteiger partial charge in [0.2, 0.25) is 0 Å². The van der Waals surface area contributed by atoms with Crippen molar-refractivity contribution in [2.75, 3.05) is 0 Å². The van der Waals surface area contributed by atoms with E-state index in [0.717, 1.165) is 22.9 Å². The smallest absolute Gasteiger partial charge is 0.159 e. The van der Waals surface area contributed by atoms with E-state index in [1.54, 1.807) is 6.20 Å². The summed E-state index contributed by atoms with van der Waals surface area (Å²) in [5, 5.41) is 3.25. The molecule has 4 nitrogen and oxygen atoms in total. The van der Waals surface area contributed by atoms with E-state index >= 15 is 0 Å². The van der Waals surface area contributed by atoms with Gasteiger partial charge in [0.25, 0.3) is 0 Å². The van der Waals surface area contributed by atoms with Gasteiger partial charge in [0.05, 0.1) is 17.9 Å². The van der Waals surface area contributed by atoms with Gasteiger partial charge < -0.3 is 9.88 Å². The van der Waals surface area contributed by atoms with Crippen LogP contribution in [0.5, 0.6) is 0 Å². The largest absolute Gasteiger partial charge is 0.377 e. The molecule has 0 unspecified atom stereocenters. The normalized spacial score (nSPS) is 10.8. The van der Waals surface area contributed by atoms with Gasteiger partial charge in [0.15, 0.2) is 5.82 Å². The van der Waals surface area contributed by atoms with Crippen molar-refractivity contribution < 1.29 is 0 Å². The van der Waals surface area contributed by atoms with E-state index in [-0.39, 0.29) is 0 Å². The fourth-order valence-corrected chi connectivity index (χ4v) is 1.79. The fourth-order valence-electron chi connectivity index (χ4n) is 1.79. The van der Waals surface area contributed by atoms with Crippen molar-refractivity contribution in [2.24, 2.45) is 0 Å². The van der Waals surface area contributed by atoms with Crippen molar-refractivity contribution in [2.45, 2.75) is 20.4 Å². The van der Waals surface area contributed by atoms with Crippen LogP contribution in [0.2, 0.25) is 0 Å². The van der Waals surface area contributed by atoms with E-state index in [2.05, 4.69) is 21.9 Å². The highest BCUT2D eigenvalue weighted by molar-refractivity contribution is 5.58. The fraction of sp³-hybridized carbons (Fsp3) is 0.200. The number of hydrogen-bond acceptors (Lipinski definition) is 3. The van der Waals surface area contributed by atoms with Gasteiger partial charge in [-0.25, -0.2) is 4.98 Å². The molecule has 1 N–H and O–H groups in total. The average molecular weight is 254 g/mol. The first-order chi connectivity index (χ1) is 9.22. The third-order valence-electron chi connectivity index (χ3n) is 2.76. The van der Waals surface area contributed by atoms with Gasteiger partial charge in [-0.1, -0.05) is 18.7 Å². The van der Waals surface area contributed by atoms with Crippen molar-refractivity contribution in [3.63, 3.8) is 0 Å². The Morgan fingerprint density at radius 3 is 2.95 bits per heavy atom. The SMILES string of the molecule is C=C(NCc1ccccn1)c1ncc(C)n1/C=C\C. The summed E-state index contributed by atoms with van der Waals surface area (Å²) in [6, 6.07) is 5.85. The van der Waals surface area contributed by atoms with Crippen LogP contribution in [0.25, 0.3) is 11.9 Å². The first-order valence-corrected chi connectivity index (χ1v) is 6.22. The standard InChI is InChI=1S/C15H18N4/c1-4-9-19-12(2)10-18-15(19)13(3)17-11-14-7-5-6-8-16-14/h4-10,17H,3,11H2,1-2H3/b9-4-. The highest BCUT2D eigenvalue weighted by Gasteiger charge is 2.08. The molecular weight excluding hydrogens is 236 g/mol. The van der Waals surface area contributed by atoms with Gasteiger partial charge in [-0.3, -0.25) is 4.98 Å². The second-order valence-corrected chi connectivity index (χ2v) is 4.23. The second-order valence-electron chi connectivity index (χ2n) is 4.23. The quantitative estimate of drug-likeness (QED) is 0.892. The van der Waals surface area contributed by atoms with Gasteiger partial charge in [-0.05, 0) is 26.0 Å². The second kappa shape index (κ2) is 6.00. The van der Waals surface area contributed by atoms with Crippen LogP contribution in [0.4, 0.5) is 0 Å². The van der Waals surface area contributed by atoms with E-state index in [9.17, 15) is 0 Å². The summed E-state index contributed by atoms with van der Waals surface area (Å²) >= 11 is 0. The topological polar surface area (TPSA) is 42.7 Å². The van der Waals surface area contributed by atoms with E-state index in [1.807, 2.05) is 55.1 Å².